The molecule has 0 saturated carbocycles. The van der Waals surface area contributed by atoms with Crippen molar-refractivity contribution in [1.29, 1.82) is 0 Å². The van der Waals surface area contributed by atoms with Gasteiger partial charge in [0.25, 0.3) is 0 Å². The van der Waals surface area contributed by atoms with Crippen LogP contribution in [0.4, 0.5) is 0 Å². The molecular formula is C12H23N3O3S. The molecule has 0 aliphatic rings. The maximum Gasteiger partial charge on any atom is 0.245 e. The lowest BCUT2D eigenvalue weighted by Crippen LogP contribution is -2.28. The summed E-state index contributed by atoms with van der Waals surface area (Å²) in [6, 6.07) is 0. The molecule has 1 N–H and O–H groups in total. The Bertz CT molecular complexity index is 482. The monoisotopic (exact) mass is 289 g/mol. The Kier molecular flexibility index (Phi) is 5.96. The Labute approximate surface area is 115 Å². The molecule has 0 unspecified atom stereocenters. The summed E-state index contributed by atoms with van der Waals surface area (Å²) in [5.74, 6) is 0.463. The smallest absolute Gasteiger partial charge is 0.245 e. The van der Waals surface area contributed by atoms with E-state index >= 15 is 0 Å². The first kappa shape index (κ1) is 16.1. The Morgan fingerprint density at radius 2 is 2.16 bits per heavy atom. The summed E-state index contributed by atoms with van der Waals surface area (Å²) in [7, 11) is -1.87. The summed E-state index contributed by atoms with van der Waals surface area (Å²) in [5.41, 5.74) is 0. The molecule has 19 heavy (non-hydrogen) atoms. The molecule has 1 aromatic rings. The molecule has 0 amide bonds. The molecular weight excluding hydrogens is 266 g/mol. The number of aromatic nitrogens is 2. The fourth-order valence-corrected chi connectivity index (χ4v) is 2.71. The summed E-state index contributed by atoms with van der Waals surface area (Å²) in [4.78, 5) is 0.205. The van der Waals surface area contributed by atoms with Crippen molar-refractivity contribution in [1.82, 2.24) is 14.1 Å². The Morgan fingerprint density at radius 3 is 2.74 bits per heavy atom. The standard InChI is InChI=1S/C12H23N3O3S/c1-11(2)5-7-14(3)19(17,18)12-9-13-15(10-12)6-4-8-16/h9-11,16H,4-8H2,1-3H3. The normalized spacial score (nSPS) is 12.5. The average molecular weight is 289 g/mol. The van der Waals surface area contributed by atoms with Crippen molar-refractivity contribution < 1.29 is 13.5 Å². The molecule has 1 aromatic heterocycles. The lowest BCUT2D eigenvalue weighted by atomic mass is 10.1. The van der Waals surface area contributed by atoms with E-state index in [1.165, 1.54) is 16.7 Å². The number of aryl methyl sites for hydroxylation is 1. The first-order valence-corrected chi connectivity index (χ1v) is 7.91. The maximum absolute atomic E-state index is 12.3. The number of sulfonamides is 1. The highest BCUT2D eigenvalue weighted by molar-refractivity contribution is 7.89. The van der Waals surface area contributed by atoms with Gasteiger partial charge in [-0.1, -0.05) is 13.8 Å². The molecule has 0 bridgehead atoms. The van der Waals surface area contributed by atoms with Crippen molar-refractivity contribution in [3.8, 4) is 0 Å². The first-order valence-electron chi connectivity index (χ1n) is 6.47. The third-order valence-corrected chi connectivity index (χ3v) is 4.69. The minimum Gasteiger partial charge on any atom is -0.396 e. The van der Waals surface area contributed by atoms with E-state index in [9.17, 15) is 8.42 Å². The molecule has 0 spiro atoms. The van der Waals surface area contributed by atoms with Gasteiger partial charge >= 0.3 is 0 Å². The predicted octanol–water partition coefficient (Wildman–Crippen LogP) is 0.932. The van der Waals surface area contributed by atoms with E-state index in [-0.39, 0.29) is 11.5 Å². The van der Waals surface area contributed by atoms with Crippen molar-refractivity contribution in [3.63, 3.8) is 0 Å². The van der Waals surface area contributed by atoms with Gasteiger partial charge in [0.2, 0.25) is 10.0 Å². The molecule has 0 radical (unpaired) electrons. The van der Waals surface area contributed by atoms with E-state index in [0.717, 1.165) is 6.42 Å². The fourth-order valence-electron chi connectivity index (χ4n) is 1.57. The van der Waals surface area contributed by atoms with Crippen LogP contribution in [0.2, 0.25) is 0 Å². The molecule has 0 fully saturated rings. The highest BCUT2D eigenvalue weighted by Gasteiger charge is 2.22. The molecule has 0 saturated heterocycles. The number of aliphatic hydroxyl groups is 1. The molecule has 1 heterocycles. The lowest BCUT2D eigenvalue weighted by molar-refractivity contribution is 0.277. The van der Waals surface area contributed by atoms with Crippen molar-refractivity contribution in [3.05, 3.63) is 12.4 Å². The van der Waals surface area contributed by atoms with Gasteiger partial charge in [-0.05, 0) is 18.8 Å². The van der Waals surface area contributed by atoms with Crippen molar-refractivity contribution in [2.75, 3.05) is 20.2 Å². The lowest BCUT2D eigenvalue weighted by Gasteiger charge is -2.16. The minimum atomic E-state index is -3.45. The number of rotatable bonds is 8. The van der Waals surface area contributed by atoms with E-state index in [0.29, 0.717) is 25.4 Å². The summed E-state index contributed by atoms with van der Waals surface area (Å²) in [6.45, 7) is 5.21. The molecule has 6 nitrogen and oxygen atoms in total. The van der Waals surface area contributed by atoms with Crippen LogP contribution in [0.5, 0.6) is 0 Å². The Hall–Kier alpha value is -0.920. The molecule has 0 aromatic carbocycles. The summed E-state index contributed by atoms with van der Waals surface area (Å²) in [6.07, 6.45) is 4.26. The first-order chi connectivity index (χ1) is 8.87. The van der Waals surface area contributed by atoms with E-state index in [4.69, 9.17) is 5.11 Å². The topological polar surface area (TPSA) is 75.4 Å². The molecule has 0 aliphatic carbocycles. The number of aliphatic hydroxyl groups excluding tert-OH is 1. The van der Waals surface area contributed by atoms with Crippen LogP contribution in [0, 0.1) is 5.92 Å². The van der Waals surface area contributed by atoms with Crippen molar-refractivity contribution in [2.45, 2.75) is 38.1 Å². The molecule has 7 heteroatoms. The summed E-state index contributed by atoms with van der Waals surface area (Å²) >= 11 is 0. The van der Waals surface area contributed by atoms with Crippen LogP contribution in [0.3, 0.4) is 0 Å². The average Bonchev–Trinajstić information content (AvgIpc) is 2.82. The van der Waals surface area contributed by atoms with Crippen LogP contribution >= 0.6 is 0 Å². The summed E-state index contributed by atoms with van der Waals surface area (Å²) < 4.78 is 27.4. The van der Waals surface area contributed by atoms with Gasteiger partial charge in [0.1, 0.15) is 4.90 Å². The fraction of sp³-hybridized carbons (Fsp3) is 0.750. The third kappa shape index (κ3) is 4.59. The second-order valence-corrected chi connectivity index (χ2v) is 7.07. The quantitative estimate of drug-likeness (QED) is 0.772. The molecule has 0 aliphatic heterocycles. The SMILES string of the molecule is CC(C)CCN(C)S(=O)(=O)c1cnn(CCCO)c1. The number of hydrogen-bond acceptors (Lipinski definition) is 4. The second-order valence-electron chi connectivity index (χ2n) is 5.03. The van der Waals surface area contributed by atoms with Gasteiger partial charge in [-0.2, -0.15) is 5.10 Å². The maximum atomic E-state index is 12.3. The van der Waals surface area contributed by atoms with Crippen LogP contribution in [0.15, 0.2) is 17.3 Å². The third-order valence-electron chi connectivity index (χ3n) is 2.88. The highest BCUT2D eigenvalue weighted by atomic mass is 32.2. The second kappa shape index (κ2) is 7.02. The van der Waals surface area contributed by atoms with Crippen LogP contribution in [0.1, 0.15) is 26.7 Å². The zero-order valence-electron chi connectivity index (χ0n) is 11.8. The van der Waals surface area contributed by atoms with Gasteiger partial charge in [0, 0.05) is 32.9 Å². The Morgan fingerprint density at radius 1 is 1.47 bits per heavy atom. The minimum absolute atomic E-state index is 0.0657. The highest BCUT2D eigenvalue weighted by Crippen LogP contribution is 2.14. The molecule has 110 valence electrons. The summed E-state index contributed by atoms with van der Waals surface area (Å²) in [5, 5.41) is 12.7. The zero-order valence-corrected chi connectivity index (χ0v) is 12.6. The van der Waals surface area contributed by atoms with E-state index < -0.39 is 10.0 Å². The molecule has 1 rings (SSSR count). The van der Waals surface area contributed by atoms with Crippen molar-refractivity contribution in [2.24, 2.45) is 5.92 Å². The zero-order chi connectivity index (χ0) is 14.5. The van der Waals surface area contributed by atoms with E-state index in [1.54, 1.807) is 11.7 Å². The Balaban J connectivity index is 2.73. The van der Waals surface area contributed by atoms with Gasteiger partial charge < -0.3 is 5.11 Å². The largest absolute Gasteiger partial charge is 0.396 e. The van der Waals surface area contributed by atoms with Gasteiger partial charge in [-0.25, -0.2) is 12.7 Å². The van der Waals surface area contributed by atoms with Crippen LogP contribution < -0.4 is 0 Å². The van der Waals surface area contributed by atoms with Crippen LogP contribution in [-0.4, -0.2) is 47.8 Å². The molecule has 0 atom stereocenters. The van der Waals surface area contributed by atoms with Gasteiger partial charge in [0.15, 0.2) is 0 Å². The predicted molar refractivity (Wildman–Crippen MR) is 73.2 cm³/mol. The van der Waals surface area contributed by atoms with Crippen LogP contribution in [0.25, 0.3) is 0 Å². The van der Waals surface area contributed by atoms with E-state index in [2.05, 4.69) is 18.9 Å². The van der Waals surface area contributed by atoms with E-state index in [1.807, 2.05) is 0 Å². The van der Waals surface area contributed by atoms with Gasteiger partial charge in [-0.3, -0.25) is 4.68 Å². The van der Waals surface area contributed by atoms with Gasteiger partial charge in [0.05, 0.1) is 6.20 Å². The van der Waals surface area contributed by atoms with Crippen molar-refractivity contribution >= 4 is 10.0 Å². The van der Waals surface area contributed by atoms with Crippen LogP contribution in [-0.2, 0) is 16.6 Å². The van der Waals surface area contributed by atoms with Gasteiger partial charge in [-0.15, -0.1) is 0 Å². The number of nitrogens with zero attached hydrogens (tertiary/aromatic N) is 3. The number of hydrogen-bond donors (Lipinski definition) is 1.